The van der Waals surface area contributed by atoms with Gasteiger partial charge in [0.15, 0.2) is 0 Å². The lowest BCUT2D eigenvalue weighted by atomic mass is 10.0. The topological polar surface area (TPSA) is 59.0 Å². The zero-order chi connectivity index (χ0) is 19.9. The molecule has 1 aliphatic rings. The molecule has 0 saturated carbocycles. The van der Waals surface area contributed by atoms with Crippen molar-refractivity contribution in [2.75, 3.05) is 11.9 Å². The van der Waals surface area contributed by atoms with Crippen molar-refractivity contribution in [2.24, 2.45) is 0 Å². The van der Waals surface area contributed by atoms with Crippen LogP contribution in [-0.2, 0) is 6.18 Å². The quantitative estimate of drug-likeness (QED) is 0.585. The Kier molecular flexibility index (Phi) is 4.62. The number of nitrogens with one attached hydrogen (secondary N) is 2. The monoisotopic (exact) mass is 450 g/mol. The van der Waals surface area contributed by atoms with Crippen molar-refractivity contribution in [1.82, 2.24) is 14.9 Å². The van der Waals surface area contributed by atoms with Gasteiger partial charge in [-0.2, -0.15) is 13.2 Å². The smallest absolute Gasteiger partial charge is 0.335 e. The largest absolute Gasteiger partial charge is 0.417 e. The molecule has 1 aliphatic heterocycles. The molecule has 0 spiro atoms. The Balaban J connectivity index is 1.46. The number of alkyl halides is 3. The first-order valence-corrected chi connectivity index (χ1v) is 9.16. The van der Waals surface area contributed by atoms with Gasteiger partial charge < -0.3 is 15.2 Å². The molecule has 5 nitrogen and oxygen atoms in total. The molecule has 3 aromatic rings. The first kappa shape index (κ1) is 18.5. The highest BCUT2D eigenvalue weighted by Crippen LogP contribution is 2.39. The van der Waals surface area contributed by atoms with Crippen LogP contribution in [0.2, 0.25) is 0 Å². The molecule has 1 unspecified atom stereocenters. The zero-order valence-electron chi connectivity index (χ0n) is 14.3. The predicted molar refractivity (Wildman–Crippen MR) is 102 cm³/mol. The number of amides is 2. The van der Waals surface area contributed by atoms with E-state index >= 15 is 0 Å². The molecular weight excluding hydrogens is 437 g/mol. The Hall–Kier alpha value is -2.81. The summed E-state index contributed by atoms with van der Waals surface area (Å²) in [5.41, 5.74) is 2.28. The van der Waals surface area contributed by atoms with Crippen LogP contribution in [-0.4, -0.2) is 22.1 Å². The van der Waals surface area contributed by atoms with E-state index < -0.39 is 17.8 Å². The summed E-state index contributed by atoms with van der Waals surface area (Å²) in [7, 11) is 0. The molecule has 1 aromatic heterocycles. The number of fused-ring (bicyclic) bond motifs is 3. The van der Waals surface area contributed by atoms with Crippen LogP contribution in [0.5, 0.6) is 0 Å². The molecule has 0 aliphatic carbocycles. The van der Waals surface area contributed by atoms with Gasteiger partial charge in [0.25, 0.3) is 0 Å². The van der Waals surface area contributed by atoms with E-state index in [1.165, 1.54) is 12.1 Å². The van der Waals surface area contributed by atoms with E-state index in [1.54, 1.807) is 12.5 Å². The molecule has 4 rings (SSSR count). The molecule has 2 aromatic carbocycles. The summed E-state index contributed by atoms with van der Waals surface area (Å²) in [6.45, 7) is 0.273. The van der Waals surface area contributed by atoms with Gasteiger partial charge in [-0.25, -0.2) is 9.78 Å². The third-order valence-corrected chi connectivity index (χ3v) is 5.27. The van der Waals surface area contributed by atoms with Gasteiger partial charge in [-0.1, -0.05) is 40.2 Å². The number of urea groups is 1. The second-order valence-electron chi connectivity index (χ2n) is 6.32. The number of hydrogen-bond donors (Lipinski definition) is 2. The third-order valence-electron chi connectivity index (χ3n) is 4.58. The number of halogens is 4. The van der Waals surface area contributed by atoms with Crippen LogP contribution in [0.25, 0.3) is 11.3 Å². The average Bonchev–Trinajstić information content (AvgIpc) is 3.22. The van der Waals surface area contributed by atoms with E-state index in [0.29, 0.717) is 0 Å². The van der Waals surface area contributed by atoms with Crippen LogP contribution >= 0.6 is 15.9 Å². The van der Waals surface area contributed by atoms with Crippen molar-refractivity contribution in [3.05, 3.63) is 70.6 Å². The summed E-state index contributed by atoms with van der Waals surface area (Å²) in [6, 6.07) is 10.7. The van der Waals surface area contributed by atoms with Gasteiger partial charge in [0, 0.05) is 22.3 Å². The van der Waals surface area contributed by atoms with Gasteiger partial charge in [-0.05, 0) is 23.8 Å². The highest BCUT2D eigenvalue weighted by molar-refractivity contribution is 9.10. The lowest BCUT2D eigenvalue weighted by Gasteiger charge is -2.16. The van der Waals surface area contributed by atoms with E-state index in [2.05, 4.69) is 31.5 Å². The summed E-state index contributed by atoms with van der Waals surface area (Å²) in [6.07, 6.45) is -1.05. The maximum Gasteiger partial charge on any atom is 0.417 e. The Morgan fingerprint density at radius 2 is 2.00 bits per heavy atom. The fourth-order valence-corrected chi connectivity index (χ4v) is 3.80. The van der Waals surface area contributed by atoms with Crippen LogP contribution in [0.3, 0.4) is 0 Å². The molecule has 2 amide bonds. The van der Waals surface area contributed by atoms with Crippen LogP contribution in [0, 0.1) is 0 Å². The van der Waals surface area contributed by atoms with Crippen molar-refractivity contribution >= 4 is 27.6 Å². The van der Waals surface area contributed by atoms with E-state index in [0.717, 1.165) is 22.9 Å². The van der Waals surface area contributed by atoms with Crippen LogP contribution < -0.4 is 10.6 Å². The number of rotatable bonds is 3. The third kappa shape index (κ3) is 3.37. The zero-order valence-corrected chi connectivity index (χ0v) is 15.9. The number of aromatic nitrogens is 2. The van der Waals surface area contributed by atoms with E-state index in [-0.39, 0.29) is 22.7 Å². The molecule has 0 bridgehead atoms. The second-order valence-corrected chi connectivity index (χ2v) is 7.17. The number of carbonyl (C=O) groups excluding carboxylic acids is 1. The van der Waals surface area contributed by atoms with Gasteiger partial charge >= 0.3 is 12.2 Å². The van der Waals surface area contributed by atoms with Crippen molar-refractivity contribution in [3.8, 4) is 11.3 Å². The lowest BCUT2D eigenvalue weighted by Crippen LogP contribution is -2.33. The summed E-state index contributed by atoms with van der Waals surface area (Å²) >= 11 is 2.88. The van der Waals surface area contributed by atoms with Gasteiger partial charge in [-0.3, -0.25) is 0 Å². The maximum atomic E-state index is 13.0. The Morgan fingerprint density at radius 3 is 2.79 bits per heavy atom. The number of imidazole rings is 1. The second kappa shape index (κ2) is 6.97. The van der Waals surface area contributed by atoms with Crippen molar-refractivity contribution in [3.63, 3.8) is 0 Å². The Bertz CT molecular complexity index is 1050. The Morgan fingerprint density at radius 1 is 1.21 bits per heavy atom. The normalized spacial score (nSPS) is 15.1. The molecule has 2 N–H and O–H groups in total. The SMILES string of the molecule is O=C(NCC1c2ccccc2-c2cncn21)Nc1ccc(Br)c(C(F)(F)F)c1. The van der Waals surface area contributed by atoms with Crippen LogP contribution in [0.15, 0.2) is 59.5 Å². The number of hydrogen-bond acceptors (Lipinski definition) is 2. The molecule has 0 fully saturated rings. The molecule has 9 heteroatoms. The Labute approximate surface area is 166 Å². The minimum atomic E-state index is -4.52. The molecule has 2 heterocycles. The van der Waals surface area contributed by atoms with Crippen molar-refractivity contribution in [2.45, 2.75) is 12.2 Å². The highest BCUT2D eigenvalue weighted by atomic mass is 79.9. The molecule has 1 atom stereocenters. The van der Waals surface area contributed by atoms with Gasteiger partial charge in [0.1, 0.15) is 0 Å². The van der Waals surface area contributed by atoms with Gasteiger partial charge in [0.05, 0.1) is 29.8 Å². The van der Waals surface area contributed by atoms with Crippen LogP contribution in [0.1, 0.15) is 17.2 Å². The standard InChI is InChI=1S/C19H14BrF3N4O/c20-15-6-5-11(7-14(15)19(21,22)23)26-18(28)25-9-17-13-4-2-1-3-12(13)16-8-24-10-27(16)17/h1-8,10,17H,9H2,(H2,25,26,28). The first-order chi connectivity index (χ1) is 13.3. The summed E-state index contributed by atoms with van der Waals surface area (Å²) in [5, 5.41) is 5.18. The number of nitrogens with zero attached hydrogens (tertiary/aromatic N) is 2. The molecule has 0 saturated heterocycles. The van der Waals surface area contributed by atoms with Crippen molar-refractivity contribution in [1.29, 1.82) is 0 Å². The van der Waals surface area contributed by atoms with Gasteiger partial charge in [-0.15, -0.1) is 0 Å². The molecule has 144 valence electrons. The lowest BCUT2D eigenvalue weighted by molar-refractivity contribution is -0.138. The fourth-order valence-electron chi connectivity index (χ4n) is 3.33. The van der Waals surface area contributed by atoms with E-state index in [4.69, 9.17) is 0 Å². The first-order valence-electron chi connectivity index (χ1n) is 8.37. The molecule has 0 radical (unpaired) electrons. The van der Waals surface area contributed by atoms with E-state index in [1.807, 2.05) is 28.8 Å². The fraction of sp³-hybridized carbons (Fsp3) is 0.158. The minimum absolute atomic E-state index is 0.0585. The van der Waals surface area contributed by atoms with Crippen LogP contribution in [0.4, 0.5) is 23.7 Å². The number of carbonyl (C=O) groups is 1. The maximum absolute atomic E-state index is 13.0. The molecular formula is C19H14BrF3N4O. The van der Waals surface area contributed by atoms with Gasteiger partial charge in [0.2, 0.25) is 0 Å². The minimum Gasteiger partial charge on any atom is -0.335 e. The summed E-state index contributed by atoms with van der Waals surface area (Å²) < 4.78 is 40.9. The summed E-state index contributed by atoms with van der Waals surface area (Å²) in [4.78, 5) is 16.4. The predicted octanol–water partition coefficient (Wildman–Crippen LogP) is 5.06. The summed E-state index contributed by atoms with van der Waals surface area (Å²) in [5.74, 6) is 0. The van der Waals surface area contributed by atoms with E-state index in [9.17, 15) is 18.0 Å². The number of benzene rings is 2. The molecule has 28 heavy (non-hydrogen) atoms. The van der Waals surface area contributed by atoms with Crippen molar-refractivity contribution < 1.29 is 18.0 Å². The highest BCUT2D eigenvalue weighted by Gasteiger charge is 2.33. The average molecular weight is 451 g/mol. The number of anilines is 1.